The minimum atomic E-state index is -0.427. The number of methoxy groups -OCH3 is 1. The van der Waals surface area contributed by atoms with Crippen LogP contribution in [-0.4, -0.2) is 29.4 Å². The first kappa shape index (κ1) is 20.4. The normalized spacial score (nSPS) is 10.4. The van der Waals surface area contributed by atoms with E-state index in [2.05, 4.69) is 10.4 Å². The van der Waals surface area contributed by atoms with Gasteiger partial charge in [-0.15, -0.1) is 0 Å². The van der Waals surface area contributed by atoms with E-state index in [4.69, 9.17) is 21.1 Å². The minimum Gasteiger partial charge on any atom is -0.495 e. The zero-order chi connectivity index (χ0) is 20.8. The number of aromatic nitrogens is 2. The molecule has 3 aromatic rings. The van der Waals surface area contributed by atoms with Crippen LogP contribution >= 0.6 is 11.6 Å². The van der Waals surface area contributed by atoms with Gasteiger partial charge in [-0.25, -0.2) is 4.68 Å². The Labute approximate surface area is 172 Å². The highest BCUT2D eigenvalue weighted by atomic mass is 35.5. The van der Waals surface area contributed by atoms with Crippen molar-refractivity contribution in [3.05, 3.63) is 70.0 Å². The Balaban J connectivity index is 1.79. The highest BCUT2D eigenvalue weighted by Crippen LogP contribution is 2.27. The summed E-state index contributed by atoms with van der Waals surface area (Å²) in [5, 5.41) is 7.45. The molecule has 1 N–H and O–H groups in total. The first-order chi connectivity index (χ1) is 14.0. The van der Waals surface area contributed by atoms with Crippen LogP contribution in [0.2, 0.25) is 5.02 Å². The van der Waals surface area contributed by atoms with Crippen LogP contribution in [0.1, 0.15) is 6.92 Å². The van der Waals surface area contributed by atoms with E-state index in [0.717, 1.165) is 16.0 Å². The molecule has 0 aliphatic rings. The van der Waals surface area contributed by atoms with Crippen LogP contribution < -0.4 is 20.3 Å². The van der Waals surface area contributed by atoms with Crippen LogP contribution in [-0.2, 0) is 11.3 Å². The molecule has 2 aromatic carbocycles. The highest BCUT2D eigenvalue weighted by Gasteiger charge is 2.11. The predicted octanol–water partition coefficient (Wildman–Crippen LogP) is 3.61. The number of nitrogens with zero attached hydrogens (tertiary/aromatic N) is 2. The van der Waals surface area contributed by atoms with Gasteiger partial charge >= 0.3 is 0 Å². The second-order valence-corrected chi connectivity index (χ2v) is 6.50. The summed E-state index contributed by atoms with van der Waals surface area (Å²) in [5.41, 5.74) is 1.41. The Morgan fingerprint density at radius 2 is 1.90 bits per heavy atom. The van der Waals surface area contributed by atoms with Crippen LogP contribution in [0.5, 0.6) is 11.5 Å². The van der Waals surface area contributed by atoms with Gasteiger partial charge in [-0.05, 0) is 55.5 Å². The van der Waals surface area contributed by atoms with Gasteiger partial charge < -0.3 is 14.8 Å². The summed E-state index contributed by atoms with van der Waals surface area (Å²) in [4.78, 5) is 24.6. The van der Waals surface area contributed by atoms with Crippen molar-refractivity contribution >= 4 is 23.2 Å². The van der Waals surface area contributed by atoms with Crippen LogP contribution in [0.3, 0.4) is 0 Å². The lowest BCUT2D eigenvalue weighted by Gasteiger charge is -2.11. The Hall–Kier alpha value is -3.32. The molecule has 8 heteroatoms. The lowest BCUT2D eigenvalue weighted by molar-refractivity contribution is -0.117. The molecule has 0 bridgehead atoms. The molecule has 0 saturated heterocycles. The van der Waals surface area contributed by atoms with Gasteiger partial charge in [0.2, 0.25) is 5.91 Å². The van der Waals surface area contributed by atoms with Crippen molar-refractivity contribution in [2.24, 2.45) is 0 Å². The van der Waals surface area contributed by atoms with E-state index in [-0.39, 0.29) is 12.1 Å². The zero-order valence-electron chi connectivity index (χ0n) is 16.0. The molecular weight excluding hydrogens is 394 g/mol. The number of carbonyl (C=O) groups is 1. The van der Waals surface area contributed by atoms with Gasteiger partial charge in [-0.1, -0.05) is 11.6 Å². The summed E-state index contributed by atoms with van der Waals surface area (Å²) < 4.78 is 11.7. The zero-order valence-corrected chi connectivity index (χ0v) is 16.8. The molecule has 0 spiro atoms. The van der Waals surface area contributed by atoms with E-state index in [1.165, 1.54) is 13.2 Å². The van der Waals surface area contributed by atoms with E-state index in [0.29, 0.717) is 28.8 Å². The first-order valence-electron chi connectivity index (χ1n) is 8.95. The molecule has 3 rings (SSSR count). The van der Waals surface area contributed by atoms with Crippen molar-refractivity contribution in [2.75, 3.05) is 19.0 Å². The standard InChI is InChI=1S/C21H20ClN3O4/c1-3-29-16-7-4-14(5-8-16)17-9-11-21(27)25(24-17)13-20(26)23-18-12-15(22)6-10-19(18)28-2/h4-12H,3,13H2,1-2H3,(H,23,26). The van der Waals surface area contributed by atoms with Crippen LogP contribution in [0.15, 0.2) is 59.4 Å². The lowest BCUT2D eigenvalue weighted by atomic mass is 10.1. The van der Waals surface area contributed by atoms with Crippen molar-refractivity contribution < 1.29 is 14.3 Å². The molecule has 1 amide bonds. The third-order valence-corrected chi connectivity index (χ3v) is 4.29. The summed E-state index contributed by atoms with van der Waals surface area (Å²) in [7, 11) is 1.49. The van der Waals surface area contributed by atoms with Gasteiger partial charge in [0.15, 0.2) is 0 Å². The van der Waals surface area contributed by atoms with Crippen molar-refractivity contribution in [1.82, 2.24) is 9.78 Å². The van der Waals surface area contributed by atoms with E-state index < -0.39 is 5.91 Å². The van der Waals surface area contributed by atoms with Crippen molar-refractivity contribution in [3.63, 3.8) is 0 Å². The third-order valence-electron chi connectivity index (χ3n) is 4.06. The second kappa shape index (κ2) is 9.25. The molecule has 7 nitrogen and oxygen atoms in total. The van der Waals surface area contributed by atoms with E-state index in [1.807, 2.05) is 31.2 Å². The van der Waals surface area contributed by atoms with Crippen molar-refractivity contribution in [2.45, 2.75) is 13.5 Å². The highest BCUT2D eigenvalue weighted by molar-refractivity contribution is 6.31. The molecule has 0 unspecified atom stereocenters. The second-order valence-electron chi connectivity index (χ2n) is 6.06. The summed E-state index contributed by atoms with van der Waals surface area (Å²) in [6, 6.07) is 15.2. The van der Waals surface area contributed by atoms with Gasteiger partial charge in [0.05, 0.1) is 25.1 Å². The molecule has 0 aliphatic heterocycles. The molecule has 1 heterocycles. The monoisotopic (exact) mass is 413 g/mol. The third kappa shape index (κ3) is 5.14. The number of amides is 1. The minimum absolute atomic E-state index is 0.251. The van der Waals surface area contributed by atoms with Gasteiger partial charge in [-0.3, -0.25) is 9.59 Å². The fraction of sp³-hybridized carbons (Fsp3) is 0.190. The number of carbonyl (C=O) groups excluding carboxylic acids is 1. The Bertz CT molecular complexity index is 1060. The van der Waals surface area contributed by atoms with Crippen LogP contribution in [0.4, 0.5) is 5.69 Å². The van der Waals surface area contributed by atoms with Gasteiger partial charge in [-0.2, -0.15) is 5.10 Å². The van der Waals surface area contributed by atoms with E-state index in [9.17, 15) is 9.59 Å². The quantitative estimate of drug-likeness (QED) is 0.639. The van der Waals surface area contributed by atoms with Crippen molar-refractivity contribution in [3.8, 4) is 22.8 Å². The summed E-state index contributed by atoms with van der Waals surface area (Å²) >= 11 is 5.98. The van der Waals surface area contributed by atoms with Crippen molar-refractivity contribution in [1.29, 1.82) is 0 Å². The number of hydrogen-bond donors (Lipinski definition) is 1. The molecule has 150 valence electrons. The van der Waals surface area contributed by atoms with E-state index in [1.54, 1.807) is 24.3 Å². The maximum atomic E-state index is 12.5. The fourth-order valence-electron chi connectivity index (χ4n) is 2.71. The number of anilines is 1. The molecule has 29 heavy (non-hydrogen) atoms. The maximum Gasteiger partial charge on any atom is 0.267 e. The lowest BCUT2D eigenvalue weighted by Crippen LogP contribution is -2.29. The number of rotatable bonds is 7. The SMILES string of the molecule is CCOc1ccc(-c2ccc(=O)n(CC(=O)Nc3cc(Cl)ccc3OC)n2)cc1. The topological polar surface area (TPSA) is 82.5 Å². The number of halogens is 1. The Morgan fingerprint density at radius 3 is 2.59 bits per heavy atom. The molecule has 1 aromatic heterocycles. The van der Waals surface area contributed by atoms with Gasteiger partial charge in [0.1, 0.15) is 18.0 Å². The number of ether oxygens (including phenoxy) is 2. The summed E-state index contributed by atoms with van der Waals surface area (Å²) in [6.07, 6.45) is 0. The average molecular weight is 414 g/mol. The largest absolute Gasteiger partial charge is 0.495 e. The maximum absolute atomic E-state index is 12.5. The van der Waals surface area contributed by atoms with Crippen LogP contribution in [0.25, 0.3) is 11.3 Å². The van der Waals surface area contributed by atoms with Gasteiger partial charge in [0, 0.05) is 16.7 Å². The molecule has 0 radical (unpaired) electrons. The van der Waals surface area contributed by atoms with Crippen LogP contribution in [0, 0.1) is 0 Å². The number of benzene rings is 2. The number of hydrogen-bond acceptors (Lipinski definition) is 5. The molecule has 0 fully saturated rings. The number of nitrogens with one attached hydrogen (secondary N) is 1. The average Bonchev–Trinajstić information content (AvgIpc) is 2.71. The summed E-state index contributed by atoms with van der Waals surface area (Å²) in [6.45, 7) is 2.24. The first-order valence-corrected chi connectivity index (χ1v) is 9.32. The molecule has 0 aliphatic carbocycles. The predicted molar refractivity (Wildman–Crippen MR) is 112 cm³/mol. The fourth-order valence-corrected chi connectivity index (χ4v) is 2.88. The molecule has 0 atom stereocenters. The smallest absolute Gasteiger partial charge is 0.267 e. The summed E-state index contributed by atoms with van der Waals surface area (Å²) in [5.74, 6) is 0.787. The van der Waals surface area contributed by atoms with Gasteiger partial charge in [0.25, 0.3) is 5.56 Å². The molecular formula is C21H20ClN3O4. The Morgan fingerprint density at radius 1 is 1.14 bits per heavy atom. The van der Waals surface area contributed by atoms with E-state index >= 15 is 0 Å². The molecule has 0 saturated carbocycles. The Kier molecular flexibility index (Phi) is 6.51.